The van der Waals surface area contributed by atoms with Crippen molar-refractivity contribution in [2.75, 3.05) is 6.54 Å². The molecule has 0 aliphatic rings. The standard InChI is InChI=1S/C20H17N5O2/c26-19(17-8-4-5-9-18(17)25-14-21-13-23-25)22-11-10-16-12-27-20(24-16)15-6-2-1-3-7-15/h1-9,12-14H,10-11H2,(H,22,26). The number of carbonyl (C=O) groups excluding carboxylic acids is 1. The molecule has 0 atom stereocenters. The van der Waals surface area contributed by atoms with E-state index >= 15 is 0 Å². The molecule has 2 aromatic heterocycles. The van der Waals surface area contributed by atoms with E-state index < -0.39 is 0 Å². The second-order valence-corrected chi connectivity index (χ2v) is 5.87. The molecule has 1 amide bonds. The molecule has 0 saturated carbocycles. The Balaban J connectivity index is 1.39. The fourth-order valence-corrected chi connectivity index (χ4v) is 2.73. The predicted octanol–water partition coefficient (Wildman–Crippen LogP) is 2.89. The molecule has 0 aliphatic carbocycles. The second-order valence-electron chi connectivity index (χ2n) is 5.87. The van der Waals surface area contributed by atoms with Crippen LogP contribution < -0.4 is 5.32 Å². The van der Waals surface area contributed by atoms with Crippen molar-refractivity contribution in [1.29, 1.82) is 0 Å². The van der Waals surface area contributed by atoms with Crippen molar-refractivity contribution in [1.82, 2.24) is 25.1 Å². The molecular formula is C20H17N5O2. The Morgan fingerprint density at radius 1 is 1.07 bits per heavy atom. The summed E-state index contributed by atoms with van der Waals surface area (Å²) in [4.78, 5) is 21.0. The van der Waals surface area contributed by atoms with Crippen molar-refractivity contribution in [3.63, 3.8) is 0 Å². The normalized spacial score (nSPS) is 10.7. The third-order valence-corrected chi connectivity index (χ3v) is 4.05. The minimum atomic E-state index is -0.173. The van der Waals surface area contributed by atoms with Crippen molar-refractivity contribution < 1.29 is 9.21 Å². The largest absolute Gasteiger partial charge is 0.444 e. The van der Waals surface area contributed by atoms with Gasteiger partial charge in [-0.15, -0.1) is 0 Å². The smallest absolute Gasteiger partial charge is 0.253 e. The molecule has 134 valence electrons. The first-order chi connectivity index (χ1) is 13.3. The van der Waals surface area contributed by atoms with Crippen LogP contribution >= 0.6 is 0 Å². The van der Waals surface area contributed by atoms with E-state index in [4.69, 9.17) is 4.42 Å². The van der Waals surface area contributed by atoms with Crippen LogP contribution in [0.3, 0.4) is 0 Å². The fraction of sp³-hybridized carbons (Fsp3) is 0.100. The maximum absolute atomic E-state index is 12.6. The quantitative estimate of drug-likeness (QED) is 0.572. The summed E-state index contributed by atoms with van der Waals surface area (Å²) >= 11 is 0. The predicted molar refractivity (Wildman–Crippen MR) is 99.3 cm³/mol. The van der Waals surface area contributed by atoms with E-state index in [0.717, 1.165) is 11.3 Å². The third kappa shape index (κ3) is 3.77. The third-order valence-electron chi connectivity index (χ3n) is 4.05. The van der Waals surface area contributed by atoms with Gasteiger partial charge in [-0.05, 0) is 24.3 Å². The van der Waals surface area contributed by atoms with Gasteiger partial charge in [-0.3, -0.25) is 4.79 Å². The Morgan fingerprint density at radius 3 is 2.70 bits per heavy atom. The second kappa shape index (κ2) is 7.65. The van der Waals surface area contributed by atoms with Crippen LogP contribution in [0.4, 0.5) is 0 Å². The average molecular weight is 359 g/mol. The Bertz CT molecular complexity index is 1030. The molecule has 4 rings (SSSR count). The fourth-order valence-electron chi connectivity index (χ4n) is 2.73. The van der Waals surface area contributed by atoms with Gasteiger partial charge in [0.15, 0.2) is 0 Å². The first-order valence-electron chi connectivity index (χ1n) is 8.53. The molecule has 2 heterocycles. The van der Waals surface area contributed by atoms with Gasteiger partial charge in [0.05, 0.1) is 16.9 Å². The maximum Gasteiger partial charge on any atom is 0.253 e. The van der Waals surface area contributed by atoms with E-state index in [9.17, 15) is 4.79 Å². The number of hydrogen-bond acceptors (Lipinski definition) is 5. The minimum Gasteiger partial charge on any atom is -0.444 e. The van der Waals surface area contributed by atoms with Crippen molar-refractivity contribution in [3.05, 3.63) is 84.8 Å². The van der Waals surface area contributed by atoms with Crippen LogP contribution in [0.25, 0.3) is 17.1 Å². The Kier molecular flexibility index (Phi) is 4.74. The highest BCUT2D eigenvalue weighted by Gasteiger charge is 2.13. The number of carbonyl (C=O) groups is 1. The number of nitrogens with one attached hydrogen (secondary N) is 1. The van der Waals surface area contributed by atoms with Gasteiger partial charge in [0.2, 0.25) is 5.89 Å². The van der Waals surface area contributed by atoms with Crippen LogP contribution in [0.15, 0.2) is 77.9 Å². The summed E-state index contributed by atoms with van der Waals surface area (Å²) in [5, 5.41) is 7.01. The zero-order valence-electron chi connectivity index (χ0n) is 14.4. The lowest BCUT2D eigenvalue weighted by atomic mass is 10.1. The molecule has 0 unspecified atom stereocenters. The van der Waals surface area contributed by atoms with Crippen molar-refractivity contribution in [2.24, 2.45) is 0 Å². The molecule has 27 heavy (non-hydrogen) atoms. The Hall–Kier alpha value is -3.74. The summed E-state index contributed by atoms with van der Waals surface area (Å²) in [7, 11) is 0. The van der Waals surface area contributed by atoms with Crippen LogP contribution in [0.5, 0.6) is 0 Å². The SMILES string of the molecule is O=C(NCCc1coc(-c2ccccc2)n1)c1ccccc1-n1cncn1. The lowest BCUT2D eigenvalue weighted by Gasteiger charge is -2.09. The molecule has 0 aliphatic heterocycles. The van der Waals surface area contributed by atoms with Crippen LogP contribution in [-0.2, 0) is 6.42 Å². The van der Waals surface area contributed by atoms with Gasteiger partial charge in [-0.2, -0.15) is 5.10 Å². The number of para-hydroxylation sites is 1. The summed E-state index contributed by atoms with van der Waals surface area (Å²) in [6.45, 7) is 0.450. The van der Waals surface area contributed by atoms with Gasteiger partial charge < -0.3 is 9.73 Å². The molecule has 0 spiro atoms. The highest BCUT2D eigenvalue weighted by Crippen LogP contribution is 2.18. The van der Waals surface area contributed by atoms with Crippen LogP contribution in [0.1, 0.15) is 16.1 Å². The zero-order valence-corrected chi connectivity index (χ0v) is 14.4. The number of nitrogens with zero attached hydrogens (tertiary/aromatic N) is 4. The van der Waals surface area contributed by atoms with Crippen LogP contribution in [0.2, 0.25) is 0 Å². The zero-order chi connectivity index (χ0) is 18.5. The molecule has 1 N–H and O–H groups in total. The Labute approximate surface area is 155 Å². The van der Waals surface area contributed by atoms with Crippen molar-refractivity contribution >= 4 is 5.91 Å². The summed E-state index contributed by atoms with van der Waals surface area (Å²) in [5.74, 6) is 0.404. The number of oxazole rings is 1. The summed E-state index contributed by atoms with van der Waals surface area (Å²) in [6, 6.07) is 17.0. The molecule has 7 heteroatoms. The van der Waals surface area contributed by atoms with Gasteiger partial charge in [-0.25, -0.2) is 14.6 Å². The number of amides is 1. The van der Waals surface area contributed by atoms with E-state index in [2.05, 4.69) is 20.4 Å². The van der Waals surface area contributed by atoms with Gasteiger partial charge in [-0.1, -0.05) is 30.3 Å². The van der Waals surface area contributed by atoms with E-state index in [0.29, 0.717) is 30.1 Å². The van der Waals surface area contributed by atoms with E-state index in [1.165, 1.54) is 6.33 Å². The molecule has 7 nitrogen and oxygen atoms in total. The molecule has 0 fully saturated rings. The number of hydrogen-bond donors (Lipinski definition) is 1. The van der Waals surface area contributed by atoms with Gasteiger partial charge in [0, 0.05) is 18.5 Å². The topological polar surface area (TPSA) is 85.8 Å². The Morgan fingerprint density at radius 2 is 1.89 bits per heavy atom. The number of benzene rings is 2. The monoisotopic (exact) mass is 359 g/mol. The highest BCUT2D eigenvalue weighted by atomic mass is 16.3. The van der Waals surface area contributed by atoms with Crippen LogP contribution in [0, 0.1) is 0 Å². The van der Waals surface area contributed by atoms with E-state index in [-0.39, 0.29) is 5.91 Å². The molecule has 0 saturated heterocycles. The number of aromatic nitrogens is 4. The first kappa shape index (κ1) is 16.7. The first-order valence-corrected chi connectivity index (χ1v) is 8.53. The molecule has 2 aromatic carbocycles. The lowest BCUT2D eigenvalue weighted by Crippen LogP contribution is -2.27. The molecule has 4 aromatic rings. The van der Waals surface area contributed by atoms with E-state index in [1.54, 1.807) is 23.3 Å². The summed E-state index contributed by atoms with van der Waals surface area (Å²) in [5.41, 5.74) is 2.93. The minimum absolute atomic E-state index is 0.173. The maximum atomic E-state index is 12.6. The highest BCUT2D eigenvalue weighted by molar-refractivity contribution is 5.97. The van der Waals surface area contributed by atoms with Crippen molar-refractivity contribution in [3.8, 4) is 17.1 Å². The van der Waals surface area contributed by atoms with Gasteiger partial charge in [0.1, 0.15) is 18.9 Å². The van der Waals surface area contributed by atoms with Crippen LogP contribution in [-0.4, -0.2) is 32.2 Å². The van der Waals surface area contributed by atoms with Gasteiger partial charge >= 0.3 is 0 Å². The van der Waals surface area contributed by atoms with Crippen molar-refractivity contribution in [2.45, 2.75) is 6.42 Å². The molecular weight excluding hydrogens is 342 g/mol. The van der Waals surface area contributed by atoms with E-state index in [1.807, 2.05) is 48.5 Å². The number of rotatable bonds is 6. The summed E-state index contributed by atoms with van der Waals surface area (Å²) in [6.07, 6.45) is 5.20. The average Bonchev–Trinajstić information content (AvgIpc) is 3.41. The lowest BCUT2D eigenvalue weighted by molar-refractivity contribution is 0.0954. The van der Waals surface area contributed by atoms with Gasteiger partial charge in [0.25, 0.3) is 5.91 Å². The molecule has 0 bridgehead atoms. The summed E-state index contributed by atoms with van der Waals surface area (Å²) < 4.78 is 7.09. The molecule has 0 radical (unpaired) electrons.